The molecule has 2 rings (SSSR count). The quantitative estimate of drug-likeness (QED) is 0.907. The third-order valence-electron chi connectivity index (χ3n) is 2.72. The SMILES string of the molecule is CNCc1ccc(F)c(COc2cc(F)cc(F)c2)c1. The predicted octanol–water partition coefficient (Wildman–Crippen LogP) is 3.40. The Bertz CT molecular complexity index is 581. The minimum atomic E-state index is -0.732. The van der Waals surface area contributed by atoms with Crippen LogP contribution in [-0.2, 0) is 13.2 Å². The summed E-state index contributed by atoms with van der Waals surface area (Å²) in [5.41, 5.74) is 1.24. The van der Waals surface area contributed by atoms with Crippen LogP contribution >= 0.6 is 0 Å². The third kappa shape index (κ3) is 3.74. The highest BCUT2D eigenvalue weighted by Gasteiger charge is 2.06. The number of hydrogen-bond donors (Lipinski definition) is 1. The van der Waals surface area contributed by atoms with Crippen LogP contribution in [0.5, 0.6) is 5.75 Å². The van der Waals surface area contributed by atoms with Gasteiger partial charge >= 0.3 is 0 Å². The molecule has 1 N–H and O–H groups in total. The van der Waals surface area contributed by atoms with Crippen molar-refractivity contribution in [1.29, 1.82) is 0 Å². The summed E-state index contributed by atoms with van der Waals surface area (Å²) in [6.45, 7) is 0.508. The van der Waals surface area contributed by atoms with Crippen molar-refractivity contribution in [1.82, 2.24) is 5.32 Å². The molecule has 0 saturated carbocycles. The first-order valence-electron chi connectivity index (χ1n) is 6.09. The van der Waals surface area contributed by atoms with Crippen LogP contribution in [0.1, 0.15) is 11.1 Å². The van der Waals surface area contributed by atoms with E-state index in [-0.39, 0.29) is 12.4 Å². The van der Waals surface area contributed by atoms with Gasteiger partial charge in [0.05, 0.1) is 0 Å². The van der Waals surface area contributed by atoms with Crippen molar-refractivity contribution in [3.63, 3.8) is 0 Å². The number of ether oxygens (including phenoxy) is 1. The first-order valence-corrected chi connectivity index (χ1v) is 6.09. The van der Waals surface area contributed by atoms with Crippen molar-refractivity contribution in [3.05, 3.63) is 65.0 Å². The molecule has 0 bridgehead atoms. The van der Waals surface area contributed by atoms with Crippen molar-refractivity contribution >= 4 is 0 Å². The van der Waals surface area contributed by atoms with Crippen LogP contribution in [-0.4, -0.2) is 7.05 Å². The van der Waals surface area contributed by atoms with Crippen LogP contribution in [0.2, 0.25) is 0 Å². The molecule has 5 heteroatoms. The zero-order chi connectivity index (χ0) is 14.5. The summed E-state index contributed by atoms with van der Waals surface area (Å²) >= 11 is 0. The minimum absolute atomic E-state index is 0.0286. The summed E-state index contributed by atoms with van der Waals surface area (Å²) in [6.07, 6.45) is 0. The van der Waals surface area contributed by atoms with Gasteiger partial charge < -0.3 is 10.1 Å². The molecule has 2 aromatic rings. The summed E-state index contributed by atoms with van der Waals surface area (Å²) in [6, 6.07) is 7.52. The largest absolute Gasteiger partial charge is 0.489 e. The normalized spacial score (nSPS) is 10.6. The lowest BCUT2D eigenvalue weighted by Gasteiger charge is -2.09. The van der Waals surface area contributed by atoms with E-state index in [9.17, 15) is 13.2 Å². The van der Waals surface area contributed by atoms with E-state index in [1.54, 1.807) is 19.2 Å². The highest BCUT2D eigenvalue weighted by atomic mass is 19.1. The summed E-state index contributed by atoms with van der Waals surface area (Å²) in [7, 11) is 1.79. The van der Waals surface area contributed by atoms with Crippen molar-refractivity contribution in [3.8, 4) is 5.75 Å². The van der Waals surface area contributed by atoms with Gasteiger partial charge in [-0.1, -0.05) is 6.07 Å². The Morgan fingerprint density at radius 3 is 2.35 bits per heavy atom. The van der Waals surface area contributed by atoms with Gasteiger partial charge in [-0.05, 0) is 24.7 Å². The molecule has 20 heavy (non-hydrogen) atoms. The van der Waals surface area contributed by atoms with E-state index in [1.807, 2.05) is 0 Å². The molecule has 0 fully saturated rings. The Kier molecular flexibility index (Phi) is 4.63. The monoisotopic (exact) mass is 281 g/mol. The highest BCUT2D eigenvalue weighted by molar-refractivity contribution is 5.27. The van der Waals surface area contributed by atoms with Crippen LogP contribution in [0.25, 0.3) is 0 Å². The van der Waals surface area contributed by atoms with Crippen LogP contribution in [0.15, 0.2) is 36.4 Å². The Morgan fingerprint density at radius 2 is 1.70 bits per heavy atom. The molecule has 0 aliphatic heterocycles. The van der Waals surface area contributed by atoms with E-state index in [1.165, 1.54) is 6.07 Å². The molecule has 0 saturated heterocycles. The maximum absolute atomic E-state index is 13.6. The first kappa shape index (κ1) is 14.4. The molecule has 0 aliphatic rings. The first-order chi connectivity index (χ1) is 9.58. The zero-order valence-corrected chi connectivity index (χ0v) is 10.9. The summed E-state index contributed by atoms with van der Waals surface area (Å²) in [5.74, 6) is -1.85. The van der Waals surface area contributed by atoms with Gasteiger partial charge in [-0.2, -0.15) is 0 Å². The number of rotatable bonds is 5. The zero-order valence-electron chi connectivity index (χ0n) is 10.9. The summed E-state index contributed by atoms with van der Waals surface area (Å²) < 4.78 is 44.8. The molecular formula is C15H14F3NO. The average molecular weight is 281 g/mol. The Balaban J connectivity index is 2.11. The van der Waals surface area contributed by atoms with Crippen LogP contribution < -0.4 is 10.1 Å². The molecule has 0 unspecified atom stereocenters. The second-order valence-electron chi connectivity index (χ2n) is 4.35. The van der Waals surface area contributed by atoms with Crippen LogP contribution in [0.4, 0.5) is 13.2 Å². The molecule has 0 radical (unpaired) electrons. The van der Waals surface area contributed by atoms with Crippen molar-refractivity contribution in [2.24, 2.45) is 0 Å². The van der Waals surface area contributed by atoms with Gasteiger partial charge in [-0.25, -0.2) is 13.2 Å². The van der Waals surface area contributed by atoms with E-state index in [0.717, 1.165) is 23.8 Å². The van der Waals surface area contributed by atoms with E-state index >= 15 is 0 Å². The van der Waals surface area contributed by atoms with Gasteiger partial charge in [0.25, 0.3) is 0 Å². The van der Waals surface area contributed by atoms with Crippen molar-refractivity contribution in [2.45, 2.75) is 13.2 Å². The smallest absolute Gasteiger partial charge is 0.129 e. The van der Waals surface area contributed by atoms with E-state index in [4.69, 9.17) is 4.74 Å². The number of hydrogen-bond acceptors (Lipinski definition) is 2. The van der Waals surface area contributed by atoms with Crippen molar-refractivity contribution < 1.29 is 17.9 Å². The fraction of sp³-hybridized carbons (Fsp3) is 0.200. The molecule has 0 aliphatic carbocycles. The molecule has 0 atom stereocenters. The fourth-order valence-electron chi connectivity index (χ4n) is 1.83. The van der Waals surface area contributed by atoms with Crippen LogP contribution in [0, 0.1) is 17.5 Å². The molecule has 0 spiro atoms. The molecule has 0 amide bonds. The Hall–Kier alpha value is -2.01. The van der Waals surface area contributed by atoms with E-state index < -0.39 is 17.5 Å². The number of benzene rings is 2. The number of nitrogens with one attached hydrogen (secondary N) is 1. The van der Waals surface area contributed by atoms with Gasteiger partial charge in [0.1, 0.15) is 29.8 Å². The van der Waals surface area contributed by atoms with Gasteiger partial charge in [-0.3, -0.25) is 0 Å². The number of halogens is 3. The van der Waals surface area contributed by atoms with Crippen molar-refractivity contribution in [2.75, 3.05) is 7.05 Å². The molecule has 2 aromatic carbocycles. The lowest BCUT2D eigenvalue weighted by molar-refractivity contribution is 0.296. The third-order valence-corrected chi connectivity index (χ3v) is 2.72. The van der Waals surface area contributed by atoms with Crippen LogP contribution in [0.3, 0.4) is 0 Å². The topological polar surface area (TPSA) is 21.3 Å². The maximum atomic E-state index is 13.6. The Labute approximate surface area is 115 Å². The lowest BCUT2D eigenvalue weighted by atomic mass is 10.1. The van der Waals surface area contributed by atoms with Gasteiger partial charge in [0.15, 0.2) is 0 Å². The van der Waals surface area contributed by atoms with E-state index in [2.05, 4.69) is 5.32 Å². The second-order valence-corrected chi connectivity index (χ2v) is 4.35. The van der Waals surface area contributed by atoms with Gasteiger partial charge in [-0.15, -0.1) is 0 Å². The Morgan fingerprint density at radius 1 is 1.00 bits per heavy atom. The summed E-state index contributed by atoms with van der Waals surface area (Å²) in [4.78, 5) is 0. The molecule has 106 valence electrons. The fourth-order valence-corrected chi connectivity index (χ4v) is 1.83. The molecular weight excluding hydrogens is 267 g/mol. The van der Waals surface area contributed by atoms with Gasteiger partial charge in [0, 0.05) is 30.3 Å². The predicted molar refractivity (Wildman–Crippen MR) is 69.9 cm³/mol. The minimum Gasteiger partial charge on any atom is -0.489 e. The molecule has 2 nitrogen and oxygen atoms in total. The molecule has 0 aromatic heterocycles. The highest BCUT2D eigenvalue weighted by Crippen LogP contribution is 2.18. The average Bonchev–Trinajstić information content (AvgIpc) is 2.38. The lowest BCUT2D eigenvalue weighted by Crippen LogP contribution is -2.07. The summed E-state index contributed by atoms with van der Waals surface area (Å²) in [5, 5.41) is 2.96. The molecule has 0 heterocycles. The standard InChI is InChI=1S/C15H14F3NO/c1-19-8-10-2-3-15(18)11(4-10)9-20-14-6-12(16)5-13(17)7-14/h2-7,19H,8-9H2,1H3. The van der Waals surface area contributed by atoms with Gasteiger partial charge in [0.2, 0.25) is 0 Å². The maximum Gasteiger partial charge on any atom is 0.129 e. The second kappa shape index (κ2) is 6.43. The van der Waals surface area contributed by atoms with E-state index in [0.29, 0.717) is 12.1 Å².